The normalized spacial score (nSPS) is 16.0. The summed E-state index contributed by atoms with van der Waals surface area (Å²) in [6, 6.07) is 19.3. The van der Waals surface area contributed by atoms with Crippen LogP contribution in [0.5, 0.6) is 0 Å². The van der Waals surface area contributed by atoms with Gasteiger partial charge in [-0.15, -0.1) is 0 Å². The number of hydrogen-bond acceptors (Lipinski definition) is 12. The Balaban J connectivity index is 0.000000209. The van der Waals surface area contributed by atoms with Gasteiger partial charge >= 0.3 is 0 Å². The predicted octanol–water partition coefficient (Wildman–Crippen LogP) is 11.5. The summed E-state index contributed by atoms with van der Waals surface area (Å²) in [6.07, 6.45) is 12.8. The van der Waals surface area contributed by atoms with Gasteiger partial charge in [-0.05, 0) is 188 Å². The lowest BCUT2D eigenvalue weighted by atomic mass is 9.88. The molecule has 4 fully saturated rings. The van der Waals surface area contributed by atoms with Crippen LogP contribution >= 0.6 is 0 Å². The van der Waals surface area contributed by atoms with E-state index in [0.717, 1.165) is 103 Å². The molecule has 0 saturated heterocycles. The van der Waals surface area contributed by atoms with E-state index in [1.54, 1.807) is 43.3 Å². The highest BCUT2D eigenvalue weighted by atomic mass is 28.3. The summed E-state index contributed by atoms with van der Waals surface area (Å²) in [4.78, 5) is 66.6. The quantitative estimate of drug-likeness (QED) is 0.0161. The molecule has 4 aromatic heterocycles. The summed E-state index contributed by atoms with van der Waals surface area (Å²) >= 11 is 0. The second-order valence-corrected chi connectivity index (χ2v) is 39.0. The van der Waals surface area contributed by atoms with Crippen LogP contribution in [0.4, 0.5) is 11.4 Å². The minimum atomic E-state index is -1.22. The first-order valence-electron chi connectivity index (χ1n) is 31.8. The minimum absolute atomic E-state index is 0.0252. The average molecular weight is 1240 g/mol. The molecular weight excluding hydrogens is 1140 g/mol. The smallest absolute Gasteiger partial charge is 0.270 e. The van der Waals surface area contributed by atoms with Crippen LogP contribution in [0.3, 0.4) is 0 Å². The van der Waals surface area contributed by atoms with Gasteiger partial charge in [-0.1, -0.05) is 63.5 Å². The van der Waals surface area contributed by atoms with E-state index in [0.29, 0.717) is 77.8 Å². The SMILES string of the molecule is Cc1nn(COCC[Si](C)(C)C)c(C=O)c1-c1ccc(NC(=O)[C@@H](NC(=O)c2ccnn2C(C)C)C(C2CC2)C2CC2)cc1.Cc1nn(COCC[Si](C)(C)C)c(CO)c1-c1ccc(NC(=O)[C@@H](NC(=O)c2ccnn2C(C)C)C(C2CC2)C2CC2)cc1. The molecule has 22 heteroatoms. The number of hydrogen-bond donors (Lipinski definition) is 5. The van der Waals surface area contributed by atoms with E-state index < -0.39 is 28.2 Å². The monoisotopic (exact) mass is 1240 g/mol. The lowest BCUT2D eigenvalue weighted by Gasteiger charge is -2.28. The van der Waals surface area contributed by atoms with E-state index in [-0.39, 0.29) is 60.9 Å². The molecule has 2 aromatic carbocycles. The Kier molecular flexibility index (Phi) is 21.1. The van der Waals surface area contributed by atoms with Crippen molar-refractivity contribution in [1.82, 2.24) is 49.8 Å². The molecule has 4 aliphatic rings. The molecule has 4 amide bonds. The molecule has 0 radical (unpaired) electrons. The lowest BCUT2D eigenvalue weighted by molar-refractivity contribution is -0.120. The molecule has 6 aromatic rings. The molecule has 20 nitrogen and oxygen atoms in total. The first-order chi connectivity index (χ1) is 41.9. The second kappa shape index (κ2) is 28.3. The number of aryl methyl sites for hydroxylation is 2. The standard InChI is InChI=1S/C33H48N6O4Si.C33H46N6O4Si/c2*1-21(2)39-27(15-16-34-39)32(41)36-31(30(24-7-8-24)25-9-10-25)33(42)35-26-13-11-23(12-14-26)29-22(3)37-38(28(29)19-40)20-43-17-18-44(4,5)6/h11-16,21,24-25,30-31,40H,7-10,17-20H2,1-6H3,(H,35,42)(H,36,41);11-16,19,21,24-25,30-31H,7-10,17-18,20H2,1-6H3,(H,35,42)(H,36,41)/t2*31-/m00/s1. The molecule has 0 unspecified atom stereocenters. The molecule has 4 heterocycles. The lowest BCUT2D eigenvalue weighted by Crippen LogP contribution is -2.50. The van der Waals surface area contributed by atoms with Crippen LogP contribution in [-0.4, -0.2) is 116 Å². The molecule has 2 atom stereocenters. The van der Waals surface area contributed by atoms with Gasteiger partial charge in [0.1, 0.15) is 42.6 Å². The fourth-order valence-electron chi connectivity index (χ4n) is 12.1. The Morgan fingerprint density at radius 1 is 0.580 bits per heavy atom. The third kappa shape index (κ3) is 16.9. The number of nitrogens with one attached hydrogen (secondary N) is 4. The van der Waals surface area contributed by atoms with Crippen LogP contribution in [0.25, 0.3) is 22.3 Å². The molecule has 0 bridgehead atoms. The van der Waals surface area contributed by atoms with Gasteiger partial charge in [0.15, 0.2) is 6.29 Å². The van der Waals surface area contributed by atoms with Crippen LogP contribution in [0.1, 0.15) is 140 Å². The van der Waals surface area contributed by atoms with Gasteiger partial charge in [-0.25, -0.2) is 9.36 Å². The number of carbonyl (C=O) groups excluding carboxylic acids is 5. The van der Waals surface area contributed by atoms with Gasteiger partial charge in [-0.2, -0.15) is 20.4 Å². The number of aromatic nitrogens is 8. The first kappa shape index (κ1) is 65.6. The van der Waals surface area contributed by atoms with Crippen molar-refractivity contribution in [3.8, 4) is 22.3 Å². The highest BCUT2D eigenvalue weighted by Crippen LogP contribution is 2.52. The van der Waals surface area contributed by atoms with Crippen LogP contribution in [0.2, 0.25) is 51.4 Å². The summed E-state index contributed by atoms with van der Waals surface area (Å²) in [7, 11) is -2.41. The third-order valence-electron chi connectivity index (χ3n) is 17.3. The zero-order valence-corrected chi connectivity index (χ0v) is 55.8. The Hall–Kier alpha value is -6.86. The van der Waals surface area contributed by atoms with Crippen molar-refractivity contribution >= 4 is 57.4 Å². The maximum atomic E-state index is 13.8. The van der Waals surface area contributed by atoms with Crippen LogP contribution < -0.4 is 21.3 Å². The number of aliphatic hydroxyl groups is 1. The Labute approximate surface area is 520 Å². The molecule has 0 aliphatic heterocycles. The van der Waals surface area contributed by atoms with Crippen molar-refractivity contribution in [2.45, 2.75) is 189 Å². The average Bonchev–Trinajstić information content (AvgIpc) is 2.97. The highest BCUT2D eigenvalue weighted by Gasteiger charge is 2.50. The van der Waals surface area contributed by atoms with Gasteiger partial charge in [0.25, 0.3) is 11.8 Å². The summed E-state index contributed by atoms with van der Waals surface area (Å²) in [6.45, 7) is 27.2. The predicted molar refractivity (Wildman–Crippen MR) is 347 cm³/mol. The van der Waals surface area contributed by atoms with Gasteiger partial charge in [-0.3, -0.25) is 33.3 Å². The number of ether oxygens (including phenoxy) is 2. The molecule has 88 heavy (non-hydrogen) atoms. The minimum Gasteiger partial charge on any atom is -0.390 e. The van der Waals surface area contributed by atoms with Crippen molar-refractivity contribution in [2.75, 3.05) is 23.8 Å². The zero-order chi connectivity index (χ0) is 63.2. The number of aldehydes is 1. The number of rotatable bonds is 30. The van der Waals surface area contributed by atoms with E-state index in [9.17, 15) is 29.1 Å². The fourth-order valence-corrected chi connectivity index (χ4v) is 13.6. The van der Waals surface area contributed by atoms with E-state index in [4.69, 9.17) is 9.47 Å². The van der Waals surface area contributed by atoms with Gasteiger partial charge in [0.05, 0.1) is 23.7 Å². The summed E-state index contributed by atoms with van der Waals surface area (Å²) in [5, 5.41) is 40.4. The second-order valence-electron chi connectivity index (χ2n) is 27.8. The molecule has 4 saturated carbocycles. The maximum absolute atomic E-state index is 13.8. The van der Waals surface area contributed by atoms with Gasteiger partial charge in [0.2, 0.25) is 11.8 Å². The fraction of sp³-hybridized carbons (Fsp3) is 0.561. The molecule has 5 N–H and O–H groups in total. The van der Waals surface area contributed by atoms with Crippen LogP contribution in [0, 0.1) is 49.4 Å². The topological polar surface area (TPSA) is 243 Å². The number of benzene rings is 2. The molecule has 10 rings (SSSR count). The highest BCUT2D eigenvalue weighted by molar-refractivity contribution is 6.76. The number of nitrogens with zero attached hydrogens (tertiary/aromatic N) is 8. The van der Waals surface area contributed by atoms with Crippen molar-refractivity contribution < 1.29 is 38.6 Å². The van der Waals surface area contributed by atoms with E-state index >= 15 is 0 Å². The summed E-state index contributed by atoms with van der Waals surface area (Å²) < 4.78 is 18.5. The van der Waals surface area contributed by atoms with Crippen molar-refractivity contribution in [3.05, 3.63) is 107 Å². The molecule has 4 aliphatic carbocycles. The van der Waals surface area contributed by atoms with Crippen molar-refractivity contribution in [1.29, 1.82) is 0 Å². The number of aliphatic hydroxyl groups excluding tert-OH is 1. The van der Waals surface area contributed by atoms with Gasteiger partial charge < -0.3 is 35.8 Å². The zero-order valence-electron chi connectivity index (χ0n) is 53.8. The third-order valence-corrected chi connectivity index (χ3v) is 20.7. The Morgan fingerprint density at radius 2 is 0.955 bits per heavy atom. The Bertz CT molecular complexity index is 3350. The first-order valence-corrected chi connectivity index (χ1v) is 39.2. The van der Waals surface area contributed by atoms with E-state index in [2.05, 4.69) is 80.9 Å². The van der Waals surface area contributed by atoms with Crippen molar-refractivity contribution in [3.63, 3.8) is 0 Å². The van der Waals surface area contributed by atoms with Crippen LogP contribution in [-0.2, 0) is 39.1 Å². The van der Waals surface area contributed by atoms with E-state index in [1.807, 2.05) is 90.1 Å². The summed E-state index contributed by atoms with van der Waals surface area (Å²) in [5.74, 6) is 1.13. The van der Waals surface area contributed by atoms with Gasteiger partial charge in [0, 0.05) is 76.3 Å². The molecular formula is C66H94N12O8Si2. The molecule has 0 spiro atoms. The largest absolute Gasteiger partial charge is 0.390 e. The number of amides is 4. The van der Waals surface area contributed by atoms with E-state index in [1.165, 1.54) is 0 Å². The number of anilines is 2. The van der Waals surface area contributed by atoms with Crippen molar-refractivity contribution in [2.24, 2.45) is 35.5 Å². The summed E-state index contributed by atoms with van der Waals surface area (Å²) in [5.41, 5.74) is 8.26. The Morgan fingerprint density at radius 3 is 1.32 bits per heavy atom. The maximum Gasteiger partial charge on any atom is 0.270 e. The number of carbonyl (C=O) groups is 5. The molecule has 474 valence electrons. The van der Waals surface area contributed by atoms with Crippen LogP contribution in [0.15, 0.2) is 73.1 Å².